The number of halogens is 1. The molecule has 21 heavy (non-hydrogen) atoms. The number of aliphatic hydroxyl groups is 1. The van der Waals surface area contributed by atoms with E-state index in [1.54, 1.807) is 27.7 Å². The molecule has 3 nitrogen and oxygen atoms in total. The van der Waals surface area contributed by atoms with Crippen LogP contribution in [0.1, 0.15) is 61.3 Å². The molecule has 1 saturated heterocycles. The Kier molecular flexibility index (Phi) is 3.61. The fourth-order valence-electron chi connectivity index (χ4n) is 3.21. The Bertz CT molecular complexity index is 440. The standard InChI is InChI=1S/C16H32FO3P.2H2/c1-12(2)11(17)15(7,20-21(9)10)16(8,13(3,4)18)19-14(12,5)6;;/h11,18H,1-10H3;2*1H/t11-,15-,16+;;/m0../s1/i18T;2*1+2T. The lowest BCUT2D eigenvalue weighted by atomic mass is 9.58. The maximum Gasteiger partial charge on any atom is 0.211 e. The van der Waals surface area contributed by atoms with E-state index in [9.17, 15) is 0 Å². The molecule has 0 aliphatic carbocycles. The molecule has 0 amide bonds. The highest BCUT2D eigenvalue weighted by Crippen LogP contribution is 2.60. The lowest BCUT2D eigenvalue weighted by Crippen LogP contribution is -2.78. The van der Waals surface area contributed by atoms with Gasteiger partial charge < -0.3 is 14.4 Å². The van der Waals surface area contributed by atoms with Crippen LogP contribution in [0.5, 0.6) is 0 Å². The van der Waals surface area contributed by atoms with Crippen molar-refractivity contribution in [2.75, 3.05) is 13.3 Å². The van der Waals surface area contributed by atoms with Gasteiger partial charge in [-0.25, -0.2) is 4.39 Å². The third kappa shape index (κ3) is 2.67. The van der Waals surface area contributed by atoms with E-state index < -0.39 is 42.1 Å². The molecule has 130 valence electrons. The summed E-state index contributed by atoms with van der Waals surface area (Å²) in [5, 5.41) is 4.95. The van der Waals surface area contributed by atoms with Gasteiger partial charge in [0.2, 0.25) is 1.43 Å². The SMILES string of the molecule is [3H]OC(C)(C)[C@@]1(C)OC(C)(C)C(C)(C)[C@H](F)[C@]1(C)OP(C)C.[3H][3H].[3H][3H]. The molecule has 0 aromatic rings. The van der Waals surface area contributed by atoms with Gasteiger partial charge in [0.05, 0.1) is 11.2 Å². The first-order chi connectivity index (χ1) is 11.6. The van der Waals surface area contributed by atoms with Crippen LogP contribution in [0, 0.1) is 5.41 Å². The van der Waals surface area contributed by atoms with Crippen LogP contribution in [-0.2, 0) is 9.26 Å². The maximum atomic E-state index is 15.7. The minimum absolute atomic E-state index is 0.732. The molecule has 1 rings (SSSR count). The topological polar surface area (TPSA) is 38.7 Å². The van der Waals surface area contributed by atoms with Crippen molar-refractivity contribution >= 4 is 8.15 Å². The molecule has 0 bridgehead atoms. The molecule has 0 aromatic heterocycles. The lowest BCUT2D eigenvalue weighted by molar-refractivity contribution is -0.356. The van der Waals surface area contributed by atoms with Crippen LogP contribution in [0.2, 0.25) is 0 Å². The number of hydrogen-bond acceptors (Lipinski definition) is 3. The van der Waals surface area contributed by atoms with Gasteiger partial charge in [-0.1, -0.05) is 13.8 Å². The third-order valence-corrected chi connectivity index (χ3v) is 6.34. The fourth-order valence-corrected chi connectivity index (χ4v) is 4.24. The molecule has 0 spiro atoms. The van der Waals surface area contributed by atoms with Crippen LogP contribution >= 0.6 is 8.15 Å². The predicted molar refractivity (Wildman–Crippen MR) is 91.0 cm³/mol. The summed E-state index contributed by atoms with van der Waals surface area (Å²) in [4.78, 5) is 0. The first-order valence-electron chi connectivity index (χ1n) is 9.85. The van der Waals surface area contributed by atoms with E-state index in [1.807, 2.05) is 41.0 Å². The summed E-state index contributed by atoms with van der Waals surface area (Å²) in [6, 6.07) is 0. The highest BCUT2D eigenvalue weighted by atomic mass is 31.1. The van der Waals surface area contributed by atoms with E-state index in [4.69, 9.17) is 21.7 Å². The smallest absolute Gasteiger partial charge is 0.211 e. The van der Waals surface area contributed by atoms with Gasteiger partial charge in [-0.05, 0) is 54.9 Å². The van der Waals surface area contributed by atoms with Crippen molar-refractivity contribution in [1.82, 2.24) is 0 Å². The van der Waals surface area contributed by atoms with Crippen molar-refractivity contribution in [2.24, 2.45) is 5.41 Å². The number of alkyl halides is 1. The average molecular weight is 336 g/mol. The van der Waals surface area contributed by atoms with Gasteiger partial charge in [0, 0.05) is 19.5 Å². The minimum Gasteiger partial charge on any atom is -0.387 e. The van der Waals surface area contributed by atoms with E-state index in [2.05, 4.69) is 0 Å². The lowest BCUT2D eigenvalue weighted by Gasteiger charge is -2.65. The number of hydrogen-bond donors (Lipinski definition) is 1. The largest absolute Gasteiger partial charge is 0.387 e. The quantitative estimate of drug-likeness (QED) is 0.762. The Morgan fingerprint density at radius 2 is 1.76 bits per heavy atom. The number of ether oxygens (including phenoxy) is 1. The molecule has 0 radical (unpaired) electrons. The molecule has 3 atom stereocenters. The Hall–Kier alpha value is 0.240. The van der Waals surface area contributed by atoms with E-state index >= 15 is 4.39 Å². The second kappa shape index (κ2) is 5.12. The van der Waals surface area contributed by atoms with E-state index in [1.165, 1.54) is 0 Å². The summed E-state index contributed by atoms with van der Waals surface area (Å²) in [7, 11) is -0.818. The van der Waals surface area contributed by atoms with Crippen LogP contribution in [0.25, 0.3) is 0 Å². The van der Waals surface area contributed by atoms with Crippen molar-refractivity contribution in [3.05, 3.63) is 0 Å². The molecule has 5 heteroatoms. The molecular weight excluding hydrogens is 290 g/mol. The first-order valence-corrected chi connectivity index (χ1v) is 9.59. The predicted octanol–water partition coefficient (Wildman–Crippen LogP) is 4.61. The van der Waals surface area contributed by atoms with Crippen LogP contribution < -0.4 is 0 Å². The second-order valence-corrected chi connectivity index (χ2v) is 10.1. The minimum atomic E-state index is -1.27. The average Bonchev–Trinajstić information content (AvgIpc) is 2.55. The summed E-state index contributed by atoms with van der Waals surface area (Å²) >= 11 is 0. The van der Waals surface area contributed by atoms with E-state index in [-0.39, 0.29) is 0 Å². The molecule has 1 fully saturated rings. The monoisotopic (exact) mass is 336 g/mol. The Morgan fingerprint density at radius 1 is 1.29 bits per heavy atom. The normalized spacial score (nSPS) is 41.0. The summed E-state index contributed by atoms with van der Waals surface area (Å²) in [6.45, 7) is 18.4. The summed E-state index contributed by atoms with van der Waals surface area (Å²) in [6.07, 6.45) is -1.27. The first kappa shape index (κ1) is 14.8. The molecule has 1 heterocycles. The fraction of sp³-hybridized carbons (Fsp3) is 1.00. The molecule has 1 aliphatic heterocycles. The van der Waals surface area contributed by atoms with Crippen molar-refractivity contribution < 1.29 is 24.7 Å². The molecule has 1 aliphatic rings. The molecule has 1 N–H and O–H groups in total. The van der Waals surface area contributed by atoms with Crippen LogP contribution in [-0.4, -0.2) is 48.4 Å². The summed E-state index contributed by atoms with van der Waals surface area (Å²) < 4.78 is 55.7. The number of rotatable bonds is 4. The zero-order valence-corrected chi connectivity index (χ0v) is 16.0. The van der Waals surface area contributed by atoms with Crippen LogP contribution in [0.15, 0.2) is 0 Å². The van der Waals surface area contributed by atoms with Crippen molar-refractivity contribution in [2.45, 2.75) is 84.0 Å². The van der Waals surface area contributed by atoms with E-state index in [0.717, 1.165) is 0 Å². The van der Waals surface area contributed by atoms with Crippen molar-refractivity contribution in [3.8, 4) is 0 Å². The van der Waals surface area contributed by atoms with Crippen LogP contribution in [0.4, 0.5) is 4.39 Å². The van der Waals surface area contributed by atoms with E-state index in [0.29, 0.717) is 0 Å². The summed E-state index contributed by atoms with van der Waals surface area (Å²) in [5.74, 6) is 0. The Balaban J connectivity index is 0. The van der Waals surface area contributed by atoms with Crippen LogP contribution in [0.3, 0.4) is 0 Å². The van der Waals surface area contributed by atoms with Gasteiger partial charge in [-0.15, -0.1) is 0 Å². The van der Waals surface area contributed by atoms with Gasteiger partial charge >= 0.3 is 0 Å². The van der Waals surface area contributed by atoms with Crippen molar-refractivity contribution in [3.63, 3.8) is 0 Å². The molecule has 0 saturated carbocycles. The highest BCUT2D eigenvalue weighted by molar-refractivity contribution is 7.50. The molecule has 0 unspecified atom stereocenters. The van der Waals surface area contributed by atoms with Gasteiger partial charge in [0.15, 0.2) is 0 Å². The second-order valence-electron chi connectivity index (χ2n) is 8.25. The van der Waals surface area contributed by atoms with Gasteiger partial charge in [-0.2, -0.15) is 0 Å². The molecule has 0 aromatic carbocycles. The Morgan fingerprint density at radius 3 is 2.14 bits per heavy atom. The van der Waals surface area contributed by atoms with Gasteiger partial charge in [0.1, 0.15) is 17.4 Å². The maximum absolute atomic E-state index is 15.7. The third-order valence-electron chi connectivity index (χ3n) is 5.60. The Labute approximate surface area is 138 Å². The van der Waals surface area contributed by atoms with Crippen molar-refractivity contribution in [1.29, 1.82) is 1.43 Å². The van der Waals surface area contributed by atoms with Gasteiger partial charge in [-0.3, -0.25) is 0 Å². The molecular formula is C16H36FO3P. The van der Waals surface area contributed by atoms with Gasteiger partial charge in [0.25, 0.3) is 0 Å². The zero-order valence-electron chi connectivity index (χ0n) is 20.1. The zero-order chi connectivity index (χ0) is 21.8. The highest BCUT2D eigenvalue weighted by Gasteiger charge is 2.71. The summed E-state index contributed by atoms with van der Waals surface area (Å²) in [5.41, 5.74) is -4.85.